The molecule has 0 aliphatic carbocycles. The van der Waals surface area contributed by atoms with E-state index in [0.29, 0.717) is 25.3 Å². The number of hydrogen-bond donors (Lipinski definition) is 2. The van der Waals surface area contributed by atoms with E-state index in [1.807, 2.05) is 26.0 Å². The van der Waals surface area contributed by atoms with E-state index in [2.05, 4.69) is 4.72 Å². The Bertz CT molecular complexity index is 572. The van der Waals surface area contributed by atoms with Crippen molar-refractivity contribution in [2.45, 2.75) is 26.7 Å². The molecule has 3 N–H and O–H groups in total. The fraction of sp³-hybridized carbons (Fsp3) is 0.571. The van der Waals surface area contributed by atoms with E-state index in [1.165, 1.54) is 4.31 Å². The molecule has 1 aromatic rings. The predicted molar refractivity (Wildman–Crippen MR) is 81.8 cm³/mol. The third-order valence-corrected chi connectivity index (χ3v) is 5.49. The highest BCUT2D eigenvalue weighted by Crippen LogP contribution is 2.23. The van der Waals surface area contributed by atoms with Crippen molar-refractivity contribution < 1.29 is 8.42 Å². The van der Waals surface area contributed by atoms with Gasteiger partial charge in [-0.3, -0.25) is 4.72 Å². The van der Waals surface area contributed by atoms with E-state index in [-0.39, 0.29) is 5.92 Å². The SMILES string of the molecule is Cc1cccc(NS(=O)(=O)N2CCCC(CN)C2)c1C. The summed E-state index contributed by atoms with van der Waals surface area (Å²) < 4.78 is 29.1. The maximum Gasteiger partial charge on any atom is 0.301 e. The van der Waals surface area contributed by atoms with Crippen molar-refractivity contribution in [3.8, 4) is 0 Å². The zero-order valence-electron chi connectivity index (χ0n) is 12.1. The van der Waals surface area contributed by atoms with E-state index >= 15 is 0 Å². The molecule has 5 nitrogen and oxygen atoms in total. The Morgan fingerprint density at radius 2 is 2.15 bits per heavy atom. The van der Waals surface area contributed by atoms with Crippen LogP contribution in [0.1, 0.15) is 24.0 Å². The number of nitrogens with one attached hydrogen (secondary N) is 1. The fourth-order valence-electron chi connectivity index (χ4n) is 2.50. The van der Waals surface area contributed by atoms with Crippen LogP contribution in [0.15, 0.2) is 18.2 Å². The number of nitrogens with zero attached hydrogens (tertiary/aromatic N) is 1. The van der Waals surface area contributed by atoms with Crippen LogP contribution in [-0.2, 0) is 10.2 Å². The summed E-state index contributed by atoms with van der Waals surface area (Å²) in [4.78, 5) is 0. The predicted octanol–water partition coefficient (Wildman–Crippen LogP) is 1.63. The first-order valence-corrected chi connectivity index (χ1v) is 8.42. The van der Waals surface area contributed by atoms with Crippen LogP contribution in [-0.4, -0.2) is 32.4 Å². The summed E-state index contributed by atoms with van der Waals surface area (Å²) in [5, 5.41) is 0. The molecular weight excluding hydrogens is 274 g/mol. The Kier molecular flexibility index (Phi) is 4.67. The van der Waals surface area contributed by atoms with Crippen LogP contribution in [0.2, 0.25) is 0 Å². The lowest BCUT2D eigenvalue weighted by Gasteiger charge is -2.31. The largest absolute Gasteiger partial charge is 0.330 e. The molecular formula is C14H23N3O2S. The zero-order chi connectivity index (χ0) is 14.8. The highest BCUT2D eigenvalue weighted by Gasteiger charge is 2.28. The Labute approximate surface area is 121 Å². The molecule has 1 aliphatic rings. The number of piperidine rings is 1. The van der Waals surface area contributed by atoms with Crippen molar-refractivity contribution in [1.82, 2.24) is 4.31 Å². The standard InChI is InChI=1S/C14H23N3O2S/c1-11-5-3-7-14(12(11)2)16-20(18,19)17-8-4-6-13(9-15)10-17/h3,5,7,13,16H,4,6,8-10,15H2,1-2H3. The van der Waals surface area contributed by atoms with Crippen LogP contribution in [0.3, 0.4) is 0 Å². The Hall–Kier alpha value is -1.11. The third-order valence-electron chi connectivity index (χ3n) is 4.00. The quantitative estimate of drug-likeness (QED) is 0.887. The number of hydrogen-bond acceptors (Lipinski definition) is 3. The van der Waals surface area contributed by atoms with Crippen molar-refractivity contribution in [1.29, 1.82) is 0 Å². The Morgan fingerprint density at radius 3 is 2.85 bits per heavy atom. The summed E-state index contributed by atoms with van der Waals surface area (Å²) in [5.41, 5.74) is 8.35. The van der Waals surface area contributed by atoms with Gasteiger partial charge in [-0.05, 0) is 56.3 Å². The molecule has 6 heteroatoms. The highest BCUT2D eigenvalue weighted by atomic mass is 32.2. The molecule has 0 aromatic heterocycles. The Morgan fingerprint density at radius 1 is 1.40 bits per heavy atom. The number of benzene rings is 1. The lowest BCUT2D eigenvalue weighted by Crippen LogP contribution is -2.44. The molecule has 20 heavy (non-hydrogen) atoms. The van der Waals surface area contributed by atoms with Gasteiger partial charge in [0, 0.05) is 13.1 Å². The molecule has 112 valence electrons. The van der Waals surface area contributed by atoms with Gasteiger partial charge in [-0.1, -0.05) is 12.1 Å². The van der Waals surface area contributed by atoms with Crippen LogP contribution in [0.5, 0.6) is 0 Å². The first-order chi connectivity index (χ1) is 9.44. The van der Waals surface area contributed by atoms with Gasteiger partial charge in [-0.15, -0.1) is 0 Å². The minimum atomic E-state index is -3.49. The first-order valence-electron chi connectivity index (χ1n) is 6.98. The summed E-state index contributed by atoms with van der Waals surface area (Å²) in [6, 6.07) is 5.63. The summed E-state index contributed by atoms with van der Waals surface area (Å²) >= 11 is 0. The minimum Gasteiger partial charge on any atom is -0.330 e. The number of anilines is 1. The van der Waals surface area contributed by atoms with Crippen molar-refractivity contribution >= 4 is 15.9 Å². The molecule has 0 amide bonds. The van der Waals surface area contributed by atoms with Crippen molar-refractivity contribution in [2.24, 2.45) is 11.7 Å². The lowest BCUT2D eigenvalue weighted by molar-refractivity contribution is 0.273. The van der Waals surface area contributed by atoms with Crippen molar-refractivity contribution in [3.05, 3.63) is 29.3 Å². The third kappa shape index (κ3) is 3.31. The average molecular weight is 297 g/mol. The highest BCUT2D eigenvalue weighted by molar-refractivity contribution is 7.90. The molecule has 1 atom stereocenters. The van der Waals surface area contributed by atoms with Crippen LogP contribution in [0.25, 0.3) is 0 Å². The molecule has 1 aromatic carbocycles. The van der Waals surface area contributed by atoms with Gasteiger partial charge in [0.25, 0.3) is 0 Å². The number of rotatable bonds is 4. The van der Waals surface area contributed by atoms with Gasteiger partial charge in [0.2, 0.25) is 0 Å². The second-order valence-corrected chi connectivity index (χ2v) is 7.13. The topological polar surface area (TPSA) is 75.4 Å². The van der Waals surface area contributed by atoms with E-state index in [1.54, 1.807) is 6.07 Å². The minimum absolute atomic E-state index is 0.263. The van der Waals surface area contributed by atoms with Crippen molar-refractivity contribution in [3.63, 3.8) is 0 Å². The smallest absolute Gasteiger partial charge is 0.301 e. The van der Waals surface area contributed by atoms with Gasteiger partial charge in [0.1, 0.15) is 0 Å². The maximum absolute atomic E-state index is 12.5. The second kappa shape index (κ2) is 6.11. The van der Waals surface area contributed by atoms with E-state index in [4.69, 9.17) is 5.73 Å². The van der Waals surface area contributed by atoms with E-state index in [0.717, 1.165) is 24.0 Å². The first kappa shape index (κ1) is 15.3. The Balaban J connectivity index is 2.16. The molecule has 1 unspecified atom stereocenters. The zero-order valence-corrected chi connectivity index (χ0v) is 12.9. The molecule has 0 radical (unpaired) electrons. The van der Waals surface area contributed by atoms with Gasteiger partial charge in [0.15, 0.2) is 0 Å². The average Bonchev–Trinajstić information content (AvgIpc) is 2.44. The summed E-state index contributed by atoms with van der Waals surface area (Å²) in [5.74, 6) is 0.263. The molecule has 0 saturated carbocycles. The molecule has 0 bridgehead atoms. The van der Waals surface area contributed by atoms with E-state index in [9.17, 15) is 8.42 Å². The van der Waals surface area contributed by atoms with Gasteiger partial charge < -0.3 is 5.73 Å². The maximum atomic E-state index is 12.5. The van der Waals surface area contributed by atoms with Crippen LogP contribution < -0.4 is 10.5 Å². The molecule has 2 rings (SSSR count). The van der Waals surface area contributed by atoms with Crippen LogP contribution in [0.4, 0.5) is 5.69 Å². The van der Waals surface area contributed by atoms with Crippen molar-refractivity contribution in [2.75, 3.05) is 24.4 Å². The van der Waals surface area contributed by atoms with Gasteiger partial charge in [0.05, 0.1) is 5.69 Å². The second-order valence-electron chi connectivity index (χ2n) is 5.46. The molecule has 1 heterocycles. The molecule has 0 spiro atoms. The number of aryl methyl sites for hydroxylation is 1. The van der Waals surface area contributed by atoms with E-state index < -0.39 is 10.2 Å². The summed E-state index contributed by atoms with van der Waals surface area (Å²) in [6.45, 7) is 5.51. The monoisotopic (exact) mass is 297 g/mol. The van der Waals surface area contributed by atoms with Gasteiger partial charge >= 0.3 is 10.2 Å². The normalized spacial score (nSPS) is 20.9. The molecule has 1 fully saturated rings. The van der Waals surface area contributed by atoms with Gasteiger partial charge in [-0.25, -0.2) is 0 Å². The summed E-state index contributed by atoms with van der Waals surface area (Å²) in [7, 11) is -3.49. The summed E-state index contributed by atoms with van der Waals surface area (Å²) in [6.07, 6.45) is 1.88. The molecule has 1 saturated heterocycles. The number of nitrogens with two attached hydrogens (primary N) is 1. The van der Waals surface area contributed by atoms with Gasteiger partial charge in [-0.2, -0.15) is 12.7 Å². The van der Waals surface area contributed by atoms with Crippen LogP contribution in [0, 0.1) is 19.8 Å². The van der Waals surface area contributed by atoms with Crippen LogP contribution >= 0.6 is 0 Å². The fourth-order valence-corrected chi connectivity index (χ4v) is 3.91. The lowest BCUT2D eigenvalue weighted by atomic mass is 10.0. The molecule has 1 aliphatic heterocycles.